The highest BCUT2D eigenvalue weighted by atomic mass is 19.4. The quantitative estimate of drug-likeness (QED) is 0.837. The number of halogens is 3. The number of carboxylic acid groups (broad SMARTS) is 1. The second-order valence-electron chi connectivity index (χ2n) is 5.91. The summed E-state index contributed by atoms with van der Waals surface area (Å²) in [7, 11) is 0. The first-order valence-electron chi connectivity index (χ1n) is 7.46. The van der Waals surface area contributed by atoms with Crippen LogP contribution in [-0.2, 0) is 9.59 Å². The number of amides is 1. The van der Waals surface area contributed by atoms with Crippen molar-refractivity contribution in [1.82, 2.24) is 4.90 Å². The van der Waals surface area contributed by atoms with Crippen LogP contribution in [0, 0.1) is 5.41 Å². The number of hydrogen-bond donors (Lipinski definition) is 1. The van der Waals surface area contributed by atoms with Gasteiger partial charge in [-0.25, -0.2) is 0 Å². The Hall–Kier alpha value is -2.31. The number of likely N-dealkylation sites (tertiary alicyclic amines) is 1. The molecule has 24 heavy (non-hydrogen) atoms. The van der Waals surface area contributed by atoms with Crippen LogP contribution in [0.3, 0.4) is 0 Å². The fourth-order valence-corrected chi connectivity index (χ4v) is 2.90. The maximum Gasteiger partial charge on any atom is 0.406 e. The molecule has 1 fully saturated rings. The molecule has 1 aliphatic rings. The van der Waals surface area contributed by atoms with Crippen LogP contribution in [0.15, 0.2) is 43.0 Å². The molecule has 0 aromatic heterocycles. The SMILES string of the molecule is C=CC(CC(=O)N1CCC(C(=O)O)(C(F)(F)F)C1)c1ccccc1. The predicted octanol–water partition coefficient (Wildman–Crippen LogP) is 3.21. The van der Waals surface area contributed by atoms with Crippen LogP contribution in [0.5, 0.6) is 0 Å². The zero-order valence-corrected chi connectivity index (χ0v) is 12.9. The second-order valence-corrected chi connectivity index (χ2v) is 5.91. The summed E-state index contributed by atoms with van der Waals surface area (Å²) in [4.78, 5) is 24.5. The Balaban J connectivity index is 2.12. The van der Waals surface area contributed by atoms with Crippen molar-refractivity contribution in [2.24, 2.45) is 5.41 Å². The van der Waals surface area contributed by atoms with Crippen LogP contribution in [-0.4, -0.2) is 41.1 Å². The zero-order chi connectivity index (χ0) is 18.0. The van der Waals surface area contributed by atoms with Gasteiger partial charge in [-0.2, -0.15) is 13.2 Å². The number of carbonyl (C=O) groups excluding carboxylic acids is 1. The molecule has 0 radical (unpaired) electrons. The summed E-state index contributed by atoms with van der Waals surface area (Å²) in [5.41, 5.74) is -2.04. The third-order valence-electron chi connectivity index (χ3n) is 4.48. The molecule has 2 rings (SSSR count). The number of allylic oxidation sites excluding steroid dienone is 1. The summed E-state index contributed by atoms with van der Waals surface area (Å²) in [6.45, 7) is 2.61. The van der Waals surface area contributed by atoms with Gasteiger partial charge in [0.1, 0.15) is 0 Å². The zero-order valence-electron chi connectivity index (χ0n) is 12.9. The van der Waals surface area contributed by atoms with Gasteiger partial charge >= 0.3 is 12.1 Å². The molecule has 7 heteroatoms. The Kier molecular flexibility index (Phi) is 5.01. The smallest absolute Gasteiger partial charge is 0.406 e. The van der Waals surface area contributed by atoms with Gasteiger partial charge < -0.3 is 10.0 Å². The summed E-state index contributed by atoms with van der Waals surface area (Å²) in [6.07, 6.45) is -3.99. The van der Waals surface area contributed by atoms with Crippen LogP contribution in [0.25, 0.3) is 0 Å². The molecule has 0 bridgehead atoms. The molecular formula is C17H18F3NO3. The number of nitrogens with zero attached hydrogens (tertiary/aromatic N) is 1. The molecule has 1 aromatic rings. The van der Waals surface area contributed by atoms with Crippen LogP contribution in [0.1, 0.15) is 24.3 Å². The number of benzene rings is 1. The molecule has 1 amide bonds. The molecule has 2 atom stereocenters. The van der Waals surface area contributed by atoms with E-state index in [0.29, 0.717) is 0 Å². The van der Waals surface area contributed by atoms with Gasteiger partial charge in [0.15, 0.2) is 5.41 Å². The topological polar surface area (TPSA) is 57.6 Å². The van der Waals surface area contributed by atoms with Crippen molar-refractivity contribution in [3.05, 3.63) is 48.6 Å². The summed E-state index contributed by atoms with van der Waals surface area (Å²) < 4.78 is 39.5. The minimum absolute atomic E-state index is 0.0406. The highest BCUT2D eigenvalue weighted by molar-refractivity contribution is 5.82. The van der Waals surface area contributed by atoms with Crippen molar-refractivity contribution in [3.8, 4) is 0 Å². The lowest BCUT2D eigenvalue weighted by molar-refractivity contribution is -0.227. The summed E-state index contributed by atoms with van der Waals surface area (Å²) in [5, 5.41) is 9.03. The van der Waals surface area contributed by atoms with Gasteiger partial charge in [-0.1, -0.05) is 36.4 Å². The number of hydrogen-bond acceptors (Lipinski definition) is 2. The van der Waals surface area contributed by atoms with E-state index in [1.807, 2.05) is 6.07 Å². The lowest BCUT2D eigenvalue weighted by atomic mass is 9.86. The first-order chi connectivity index (χ1) is 11.2. The molecule has 1 heterocycles. The Morgan fingerprint density at radius 2 is 1.96 bits per heavy atom. The van der Waals surface area contributed by atoms with Gasteiger partial charge in [0.05, 0.1) is 0 Å². The van der Waals surface area contributed by atoms with Crippen LogP contribution in [0.4, 0.5) is 13.2 Å². The molecule has 1 aliphatic heterocycles. The van der Waals surface area contributed by atoms with Crippen LogP contribution >= 0.6 is 0 Å². The summed E-state index contributed by atoms with van der Waals surface area (Å²) in [6, 6.07) is 9.02. The lowest BCUT2D eigenvalue weighted by Gasteiger charge is -2.27. The number of alkyl halides is 3. The molecule has 0 spiro atoms. The van der Waals surface area contributed by atoms with Gasteiger partial charge in [-0.05, 0) is 12.0 Å². The van der Waals surface area contributed by atoms with E-state index in [1.165, 1.54) is 0 Å². The molecule has 1 N–H and O–H groups in total. The summed E-state index contributed by atoms with van der Waals surface area (Å²) in [5.74, 6) is -2.77. The maximum atomic E-state index is 13.2. The molecule has 1 aromatic carbocycles. The average molecular weight is 341 g/mol. The Labute approximate surface area is 137 Å². The molecule has 4 nitrogen and oxygen atoms in total. The Morgan fingerprint density at radius 3 is 2.42 bits per heavy atom. The van der Waals surface area contributed by atoms with E-state index < -0.39 is 36.4 Å². The standard InChI is InChI=1S/C17H18F3NO3/c1-2-12(13-6-4-3-5-7-13)10-14(22)21-9-8-16(11-21,15(23)24)17(18,19)20/h2-7,12H,1,8-11H2,(H,23,24). The van der Waals surface area contributed by atoms with E-state index in [0.717, 1.165) is 10.5 Å². The number of aliphatic carboxylic acids is 1. The van der Waals surface area contributed by atoms with Gasteiger partial charge in [-0.3, -0.25) is 9.59 Å². The van der Waals surface area contributed by atoms with E-state index in [-0.39, 0.29) is 18.9 Å². The van der Waals surface area contributed by atoms with E-state index in [2.05, 4.69) is 6.58 Å². The molecule has 0 aliphatic carbocycles. The minimum Gasteiger partial charge on any atom is -0.481 e. The van der Waals surface area contributed by atoms with Crippen molar-refractivity contribution in [2.75, 3.05) is 13.1 Å². The molecule has 0 saturated carbocycles. The highest BCUT2D eigenvalue weighted by Crippen LogP contribution is 2.46. The number of rotatable bonds is 5. The molecule has 2 unspecified atom stereocenters. The fraction of sp³-hybridized carbons (Fsp3) is 0.412. The van der Waals surface area contributed by atoms with Gasteiger partial charge in [0.2, 0.25) is 5.91 Å². The van der Waals surface area contributed by atoms with E-state index in [9.17, 15) is 22.8 Å². The van der Waals surface area contributed by atoms with Gasteiger partial charge in [0.25, 0.3) is 0 Å². The molecular weight excluding hydrogens is 323 g/mol. The van der Waals surface area contributed by atoms with Crippen molar-refractivity contribution in [2.45, 2.75) is 24.9 Å². The van der Waals surface area contributed by atoms with E-state index in [1.54, 1.807) is 30.3 Å². The number of carbonyl (C=O) groups is 2. The fourth-order valence-electron chi connectivity index (χ4n) is 2.90. The number of carboxylic acids is 1. The molecule has 130 valence electrons. The maximum absolute atomic E-state index is 13.2. The van der Waals surface area contributed by atoms with Gasteiger partial charge in [-0.15, -0.1) is 6.58 Å². The van der Waals surface area contributed by atoms with Crippen LogP contribution in [0.2, 0.25) is 0 Å². The second kappa shape index (κ2) is 6.67. The predicted molar refractivity (Wildman–Crippen MR) is 81.3 cm³/mol. The van der Waals surface area contributed by atoms with Crippen LogP contribution < -0.4 is 0 Å². The van der Waals surface area contributed by atoms with Crippen molar-refractivity contribution >= 4 is 11.9 Å². The largest absolute Gasteiger partial charge is 0.481 e. The Bertz CT molecular complexity index is 630. The third-order valence-corrected chi connectivity index (χ3v) is 4.48. The van der Waals surface area contributed by atoms with Crippen molar-refractivity contribution < 1.29 is 27.9 Å². The van der Waals surface area contributed by atoms with Crippen molar-refractivity contribution in [3.63, 3.8) is 0 Å². The van der Waals surface area contributed by atoms with E-state index in [4.69, 9.17) is 5.11 Å². The monoisotopic (exact) mass is 341 g/mol. The van der Waals surface area contributed by atoms with Crippen molar-refractivity contribution in [1.29, 1.82) is 0 Å². The van der Waals surface area contributed by atoms with E-state index >= 15 is 0 Å². The minimum atomic E-state index is -4.90. The first-order valence-corrected chi connectivity index (χ1v) is 7.46. The highest BCUT2D eigenvalue weighted by Gasteiger charge is 2.64. The lowest BCUT2D eigenvalue weighted by Crippen LogP contribution is -2.47. The molecule has 1 saturated heterocycles. The summed E-state index contributed by atoms with van der Waals surface area (Å²) >= 11 is 0. The first kappa shape index (κ1) is 18.0. The average Bonchev–Trinajstić information content (AvgIpc) is 3.00. The third kappa shape index (κ3) is 3.29. The van der Waals surface area contributed by atoms with Gasteiger partial charge in [0, 0.05) is 25.4 Å². The Morgan fingerprint density at radius 1 is 1.33 bits per heavy atom. The normalized spacial score (nSPS) is 22.2.